The minimum atomic E-state index is 0.437. The molecule has 1 heterocycles. The van der Waals surface area contributed by atoms with Crippen molar-refractivity contribution >= 4 is 0 Å². The smallest absolute Gasteiger partial charge is 0.0999 e. The van der Waals surface area contributed by atoms with Gasteiger partial charge in [0.25, 0.3) is 0 Å². The van der Waals surface area contributed by atoms with E-state index in [1.54, 1.807) is 0 Å². The number of nitrogens with two attached hydrogens (primary N) is 1. The largest absolute Gasteiger partial charge is 0.325 e. The van der Waals surface area contributed by atoms with Gasteiger partial charge in [-0.25, -0.2) is 4.68 Å². The van der Waals surface area contributed by atoms with Gasteiger partial charge in [-0.05, 0) is 43.4 Å². The van der Waals surface area contributed by atoms with E-state index in [0.29, 0.717) is 12.5 Å². The summed E-state index contributed by atoms with van der Waals surface area (Å²) in [5, 5.41) is 8.52. The van der Waals surface area contributed by atoms with Crippen molar-refractivity contribution in [2.45, 2.75) is 40.7 Å². The van der Waals surface area contributed by atoms with Gasteiger partial charge in [-0.1, -0.05) is 31.2 Å². The van der Waals surface area contributed by atoms with Crippen molar-refractivity contribution < 1.29 is 0 Å². The third-order valence-corrected chi connectivity index (χ3v) is 3.44. The van der Waals surface area contributed by atoms with Gasteiger partial charge in [0.2, 0.25) is 0 Å². The molecule has 0 bridgehead atoms. The zero-order valence-electron chi connectivity index (χ0n) is 12.1. The molecule has 2 N–H and O–H groups in total. The van der Waals surface area contributed by atoms with Crippen molar-refractivity contribution in [3.63, 3.8) is 0 Å². The zero-order valence-corrected chi connectivity index (χ0v) is 12.1. The van der Waals surface area contributed by atoms with Gasteiger partial charge in [-0.2, -0.15) is 0 Å². The molecule has 102 valence electrons. The number of benzene rings is 1. The summed E-state index contributed by atoms with van der Waals surface area (Å²) in [6, 6.07) is 6.25. The second kappa shape index (κ2) is 5.53. The maximum Gasteiger partial charge on any atom is 0.0999 e. The highest BCUT2D eigenvalue weighted by Crippen LogP contribution is 2.21. The molecule has 4 heteroatoms. The fourth-order valence-corrected chi connectivity index (χ4v) is 2.24. The lowest BCUT2D eigenvalue weighted by Gasteiger charge is -2.13. The van der Waals surface area contributed by atoms with Crippen LogP contribution in [0.25, 0.3) is 5.69 Å². The van der Waals surface area contributed by atoms with Crippen LogP contribution in [-0.4, -0.2) is 15.0 Å². The van der Waals surface area contributed by atoms with Crippen molar-refractivity contribution in [1.82, 2.24) is 15.0 Å². The number of hydrogen-bond acceptors (Lipinski definition) is 3. The van der Waals surface area contributed by atoms with Crippen LogP contribution in [0.2, 0.25) is 0 Å². The van der Waals surface area contributed by atoms with Crippen molar-refractivity contribution in [3.05, 3.63) is 40.7 Å². The van der Waals surface area contributed by atoms with Crippen LogP contribution in [0.1, 0.15) is 36.4 Å². The van der Waals surface area contributed by atoms with Crippen LogP contribution in [0, 0.1) is 19.8 Å². The Kier molecular flexibility index (Phi) is 4.00. The SMILES string of the molecule is Cc1cccc(-n2nnc(CN)c2CC(C)C)c1C. The van der Waals surface area contributed by atoms with Crippen LogP contribution < -0.4 is 5.73 Å². The molecular weight excluding hydrogens is 236 g/mol. The molecule has 0 aliphatic heterocycles. The second-order valence-electron chi connectivity index (χ2n) is 5.42. The summed E-state index contributed by atoms with van der Waals surface area (Å²) in [7, 11) is 0. The molecule has 0 spiro atoms. The first-order valence-electron chi connectivity index (χ1n) is 6.74. The molecule has 0 fully saturated rings. The summed E-state index contributed by atoms with van der Waals surface area (Å²) in [6.45, 7) is 9.06. The van der Waals surface area contributed by atoms with E-state index in [1.165, 1.54) is 11.1 Å². The topological polar surface area (TPSA) is 56.7 Å². The number of rotatable bonds is 4. The van der Waals surface area contributed by atoms with Crippen molar-refractivity contribution in [2.24, 2.45) is 11.7 Å². The van der Waals surface area contributed by atoms with E-state index in [9.17, 15) is 0 Å². The van der Waals surface area contributed by atoms with Gasteiger partial charge in [0.15, 0.2) is 0 Å². The van der Waals surface area contributed by atoms with Crippen molar-refractivity contribution in [2.75, 3.05) is 0 Å². The van der Waals surface area contributed by atoms with Crippen LogP contribution >= 0.6 is 0 Å². The Bertz CT molecular complexity index is 570. The fraction of sp³-hybridized carbons (Fsp3) is 0.467. The molecule has 0 saturated heterocycles. The average molecular weight is 258 g/mol. The Labute approximate surface area is 114 Å². The number of nitrogens with zero attached hydrogens (tertiary/aromatic N) is 3. The highest BCUT2D eigenvalue weighted by atomic mass is 15.4. The van der Waals surface area contributed by atoms with Gasteiger partial charge in [-0.15, -0.1) is 5.10 Å². The van der Waals surface area contributed by atoms with Crippen LogP contribution in [0.4, 0.5) is 0 Å². The van der Waals surface area contributed by atoms with Crippen LogP contribution in [-0.2, 0) is 13.0 Å². The summed E-state index contributed by atoms with van der Waals surface area (Å²) in [5.41, 5.74) is 11.4. The Balaban J connectivity index is 2.55. The van der Waals surface area contributed by atoms with Gasteiger partial charge in [-0.3, -0.25) is 0 Å². The molecule has 4 nitrogen and oxygen atoms in total. The third-order valence-electron chi connectivity index (χ3n) is 3.44. The fourth-order valence-electron chi connectivity index (χ4n) is 2.24. The summed E-state index contributed by atoms with van der Waals surface area (Å²) in [5.74, 6) is 0.549. The minimum absolute atomic E-state index is 0.437. The summed E-state index contributed by atoms with van der Waals surface area (Å²) in [4.78, 5) is 0. The number of aromatic nitrogens is 3. The maximum atomic E-state index is 5.77. The molecule has 0 amide bonds. The molecule has 1 aromatic heterocycles. The molecule has 0 saturated carbocycles. The highest BCUT2D eigenvalue weighted by Gasteiger charge is 2.16. The summed E-state index contributed by atoms with van der Waals surface area (Å²) < 4.78 is 1.95. The van der Waals surface area contributed by atoms with E-state index < -0.39 is 0 Å². The molecule has 0 aliphatic rings. The van der Waals surface area contributed by atoms with Crippen LogP contribution in [0.15, 0.2) is 18.2 Å². The second-order valence-corrected chi connectivity index (χ2v) is 5.42. The number of aryl methyl sites for hydroxylation is 1. The standard InChI is InChI=1S/C15H22N4/c1-10(2)8-15-13(9-16)17-18-19(15)14-7-5-6-11(3)12(14)4/h5-7,10H,8-9,16H2,1-4H3. The molecular formula is C15H22N4. The van der Waals surface area contributed by atoms with Crippen LogP contribution in [0.3, 0.4) is 0 Å². The predicted molar refractivity (Wildman–Crippen MR) is 77.3 cm³/mol. The predicted octanol–water partition coefficient (Wildman–Crippen LogP) is 2.54. The molecule has 0 unspecified atom stereocenters. The van der Waals surface area contributed by atoms with E-state index in [4.69, 9.17) is 5.73 Å². The van der Waals surface area contributed by atoms with E-state index >= 15 is 0 Å². The monoisotopic (exact) mass is 258 g/mol. The molecule has 1 aromatic carbocycles. The maximum absolute atomic E-state index is 5.77. The van der Waals surface area contributed by atoms with Gasteiger partial charge >= 0.3 is 0 Å². The molecule has 0 radical (unpaired) electrons. The molecule has 2 aromatic rings. The number of hydrogen-bond donors (Lipinski definition) is 1. The minimum Gasteiger partial charge on any atom is -0.325 e. The lowest BCUT2D eigenvalue weighted by molar-refractivity contribution is 0.610. The molecule has 0 aliphatic carbocycles. The quantitative estimate of drug-likeness (QED) is 0.917. The summed E-state index contributed by atoms with van der Waals surface area (Å²) >= 11 is 0. The van der Waals surface area contributed by atoms with Gasteiger partial charge < -0.3 is 5.73 Å². The van der Waals surface area contributed by atoms with E-state index in [0.717, 1.165) is 23.5 Å². The van der Waals surface area contributed by atoms with E-state index in [1.807, 2.05) is 4.68 Å². The van der Waals surface area contributed by atoms with Gasteiger partial charge in [0, 0.05) is 6.54 Å². The first-order chi connectivity index (χ1) is 9.04. The first-order valence-corrected chi connectivity index (χ1v) is 6.74. The molecule has 0 atom stereocenters. The Morgan fingerprint density at radius 3 is 2.63 bits per heavy atom. The van der Waals surface area contributed by atoms with Crippen molar-refractivity contribution in [3.8, 4) is 5.69 Å². The van der Waals surface area contributed by atoms with E-state index in [2.05, 4.69) is 56.2 Å². The molecule has 19 heavy (non-hydrogen) atoms. The average Bonchev–Trinajstić information content (AvgIpc) is 2.75. The van der Waals surface area contributed by atoms with Crippen molar-refractivity contribution in [1.29, 1.82) is 0 Å². The lowest BCUT2D eigenvalue weighted by atomic mass is 10.0. The summed E-state index contributed by atoms with van der Waals surface area (Å²) in [6.07, 6.45) is 0.937. The van der Waals surface area contributed by atoms with Crippen LogP contribution in [0.5, 0.6) is 0 Å². The Morgan fingerprint density at radius 1 is 1.26 bits per heavy atom. The lowest BCUT2D eigenvalue weighted by Crippen LogP contribution is -2.10. The van der Waals surface area contributed by atoms with E-state index in [-0.39, 0.29) is 0 Å². The van der Waals surface area contributed by atoms with Gasteiger partial charge in [0.05, 0.1) is 17.1 Å². The van der Waals surface area contributed by atoms with Gasteiger partial charge in [0.1, 0.15) is 0 Å². The Hall–Kier alpha value is -1.68. The molecule has 2 rings (SSSR count). The highest BCUT2D eigenvalue weighted by molar-refractivity contribution is 5.45. The normalized spacial score (nSPS) is 11.3. The third kappa shape index (κ3) is 2.68. The first kappa shape index (κ1) is 13.7. The Morgan fingerprint density at radius 2 is 2.00 bits per heavy atom. The zero-order chi connectivity index (χ0) is 14.0.